The van der Waals surface area contributed by atoms with Gasteiger partial charge in [0.25, 0.3) is 0 Å². The lowest BCUT2D eigenvalue weighted by Crippen LogP contribution is -2.23. The highest BCUT2D eigenvalue weighted by molar-refractivity contribution is 6.30. The van der Waals surface area contributed by atoms with Crippen LogP contribution >= 0.6 is 11.6 Å². The molecule has 0 radical (unpaired) electrons. The average molecular weight is 266 g/mol. The second kappa shape index (κ2) is 5.35. The van der Waals surface area contributed by atoms with E-state index < -0.39 is 0 Å². The van der Waals surface area contributed by atoms with E-state index >= 15 is 0 Å². The summed E-state index contributed by atoms with van der Waals surface area (Å²) in [7, 11) is 0. The highest BCUT2D eigenvalue weighted by atomic mass is 35.5. The Hall–Kier alpha value is -1.62. The third-order valence-corrected chi connectivity index (χ3v) is 3.23. The molecule has 0 aliphatic heterocycles. The number of hydrogen-bond acceptors (Lipinski definition) is 4. The zero-order valence-electron chi connectivity index (χ0n) is 10.7. The van der Waals surface area contributed by atoms with Gasteiger partial charge < -0.3 is 5.32 Å². The molecule has 0 aliphatic rings. The Morgan fingerprint density at radius 1 is 1.33 bits per heavy atom. The molecule has 1 atom stereocenters. The molecule has 96 valence electrons. The predicted octanol–water partition coefficient (Wildman–Crippen LogP) is 2.44. The third kappa shape index (κ3) is 2.79. The zero-order valence-corrected chi connectivity index (χ0v) is 11.4. The van der Waals surface area contributed by atoms with Crippen LogP contribution in [-0.2, 0) is 6.54 Å². The summed E-state index contributed by atoms with van der Waals surface area (Å²) in [5.41, 5.74) is 1.99. The van der Waals surface area contributed by atoms with Crippen molar-refractivity contribution in [2.24, 2.45) is 0 Å². The van der Waals surface area contributed by atoms with Gasteiger partial charge in [-0.05, 0) is 38.0 Å². The van der Waals surface area contributed by atoms with Crippen molar-refractivity contribution in [3.8, 4) is 0 Å². The first kappa shape index (κ1) is 12.8. The molecule has 1 unspecified atom stereocenters. The van der Waals surface area contributed by atoms with E-state index in [-0.39, 0.29) is 6.04 Å². The molecular weight excluding hydrogens is 250 g/mol. The minimum absolute atomic E-state index is 0.207. The maximum atomic E-state index is 5.92. The molecule has 0 fully saturated rings. The largest absolute Gasteiger partial charge is 0.364 e. The van der Waals surface area contributed by atoms with E-state index in [9.17, 15) is 0 Å². The van der Waals surface area contributed by atoms with Gasteiger partial charge in [-0.15, -0.1) is 10.2 Å². The van der Waals surface area contributed by atoms with Crippen molar-refractivity contribution in [2.75, 3.05) is 5.32 Å². The Balaban J connectivity index is 2.07. The van der Waals surface area contributed by atoms with Crippen molar-refractivity contribution in [1.82, 2.24) is 20.0 Å². The number of rotatable bonds is 4. The molecule has 18 heavy (non-hydrogen) atoms. The van der Waals surface area contributed by atoms with Gasteiger partial charge in [0.2, 0.25) is 0 Å². The molecule has 6 heteroatoms. The van der Waals surface area contributed by atoms with E-state index in [1.54, 1.807) is 6.20 Å². The maximum Gasteiger partial charge on any atom is 0.155 e. The van der Waals surface area contributed by atoms with Crippen LogP contribution in [0.3, 0.4) is 0 Å². The second-order valence-electron chi connectivity index (χ2n) is 4.36. The molecule has 5 nitrogen and oxygen atoms in total. The van der Waals surface area contributed by atoms with Crippen LogP contribution in [0.15, 0.2) is 18.5 Å². The molecule has 2 rings (SSSR count). The summed E-state index contributed by atoms with van der Waals surface area (Å²) < 4.78 is 1.88. The van der Waals surface area contributed by atoms with Crippen molar-refractivity contribution < 1.29 is 0 Å². The summed E-state index contributed by atoms with van der Waals surface area (Å²) >= 11 is 5.92. The van der Waals surface area contributed by atoms with Crippen LogP contribution in [0.5, 0.6) is 0 Å². The van der Waals surface area contributed by atoms with Gasteiger partial charge in [0.15, 0.2) is 11.0 Å². The van der Waals surface area contributed by atoms with Gasteiger partial charge >= 0.3 is 0 Å². The normalized spacial score (nSPS) is 12.4. The van der Waals surface area contributed by atoms with Gasteiger partial charge in [-0.2, -0.15) is 5.10 Å². The van der Waals surface area contributed by atoms with Gasteiger partial charge in [0, 0.05) is 18.4 Å². The molecule has 2 aromatic rings. The van der Waals surface area contributed by atoms with Gasteiger partial charge in [-0.1, -0.05) is 11.6 Å². The lowest BCUT2D eigenvalue weighted by atomic mass is 10.2. The number of halogens is 1. The SMILES string of the molecule is Cc1c(Cl)nnc(NC(C)Cn2cccn2)c1C. The van der Waals surface area contributed by atoms with Crippen LogP contribution in [0.1, 0.15) is 18.1 Å². The molecule has 1 N–H and O–H groups in total. The van der Waals surface area contributed by atoms with Crippen molar-refractivity contribution in [2.45, 2.75) is 33.4 Å². The fraction of sp³-hybridized carbons (Fsp3) is 0.417. The highest BCUT2D eigenvalue weighted by Gasteiger charge is 2.10. The summed E-state index contributed by atoms with van der Waals surface area (Å²) in [6.07, 6.45) is 3.70. The average Bonchev–Trinajstić information content (AvgIpc) is 2.83. The summed E-state index contributed by atoms with van der Waals surface area (Å²) in [6.45, 7) is 6.77. The summed E-state index contributed by atoms with van der Waals surface area (Å²) in [6, 6.07) is 2.11. The minimum Gasteiger partial charge on any atom is -0.364 e. The topological polar surface area (TPSA) is 55.6 Å². The number of hydrogen-bond donors (Lipinski definition) is 1. The zero-order chi connectivity index (χ0) is 13.1. The number of anilines is 1. The first-order chi connectivity index (χ1) is 8.58. The van der Waals surface area contributed by atoms with Crippen LogP contribution in [0.4, 0.5) is 5.82 Å². The van der Waals surface area contributed by atoms with Crippen LogP contribution in [-0.4, -0.2) is 26.0 Å². The Bertz CT molecular complexity index is 524. The van der Waals surface area contributed by atoms with E-state index in [0.717, 1.165) is 23.5 Å². The van der Waals surface area contributed by atoms with E-state index in [4.69, 9.17) is 11.6 Å². The van der Waals surface area contributed by atoms with E-state index in [1.165, 1.54) is 0 Å². The Labute approximate surface area is 111 Å². The molecular formula is C12H16ClN5. The smallest absolute Gasteiger partial charge is 0.155 e. The van der Waals surface area contributed by atoms with E-state index in [2.05, 4.69) is 27.5 Å². The van der Waals surface area contributed by atoms with Gasteiger partial charge in [-0.25, -0.2) is 0 Å². The quantitative estimate of drug-likeness (QED) is 0.923. The van der Waals surface area contributed by atoms with Crippen LogP contribution < -0.4 is 5.32 Å². The van der Waals surface area contributed by atoms with Crippen LogP contribution in [0, 0.1) is 13.8 Å². The van der Waals surface area contributed by atoms with Crippen LogP contribution in [0.25, 0.3) is 0 Å². The molecule has 0 saturated carbocycles. The fourth-order valence-electron chi connectivity index (χ4n) is 1.68. The highest BCUT2D eigenvalue weighted by Crippen LogP contribution is 2.21. The van der Waals surface area contributed by atoms with Crippen molar-refractivity contribution >= 4 is 17.4 Å². The first-order valence-corrected chi connectivity index (χ1v) is 6.19. The van der Waals surface area contributed by atoms with Gasteiger partial charge in [0.05, 0.1) is 6.54 Å². The summed E-state index contributed by atoms with van der Waals surface area (Å²) in [4.78, 5) is 0. The van der Waals surface area contributed by atoms with Crippen LogP contribution in [0.2, 0.25) is 5.15 Å². The Morgan fingerprint density at radius 2 is 2.11 bits per heavy atom. The number of nitrogens with zero attached hydrogens (tertiary/aromatic N) is 4. The predicted molar refractivity (Wildman–Crippen MR) is 71.8 cm³/mol. The second-order valence-corrected chi connectivity index (χ2v) is 4.72. The van der Waals surface area contributed by atoms with E-state index in [0.29, 0.717) is 5.15 Å². The number of aromatic nitrogens is 4. The molecule has 0 aliphatic carbocycles. The molecule has 0 amide bonds. The number of nitrogens with one attached hydrogen (secondary N) is 1. The summed E-state index contributed by atoms with van der Waals surface area (Å²) in [5.74, 6) is 0.775. The van der Waals surface area contributed by atoms with E-state index in [1.807, 2.05) is 30.8 Å². The Morgan fingerprint density at radius 3 is 2.78 bits per heavy atom. The Kier molecular flexibility index (Phi) is 3.81. The molecule has 0 bridgehead atoms. The summed E-state index contributed by atoms with van der Waals surface area (Å²) in [5, 5.41) is 16.0. The molecule has 2 heterocycles. The van der Waals surface area contributed by atoms with Gasteiger partial charge in [0.1, 0.15) is 0 Å². The fourth-order valence-corrected chi connectivity index (χ4v) is 1.86. The molecule has 2 aromatic heterocycles. The molecule has 0 saturated heterocycles. The minimum atomic E-state index is 0.207. The monoisotopic (exact) mass is 265 g/mol. The van der Waals surface area contributed by atoms with Crippen molar-refractivity contribution in [1.29, 1.82) is 0 Å². The van der Waals surface area contributed by atoms with Gasteiger partial charge in [-0.3, -0.25) is 4.68 Å². The lowest BCUT2D eigenvalue weighted by molar-refractivity contribution is 0.559. The standard InChI is InChI=1S/C12H16ClN5/c1-8(7-18-6-4-5-14-18)15-12-10(3)9(2)11(13)16-17-12/h4-6,8H,7H2,1-3H3,(H,15,17). The first-order valence-electron chi connectivity index (χ1n) is 5.81. The molecule has 0 spiro atoms. The third-order valence-electron chi connectivity index (χ3n) is 2.87. The maximum absolute atomic E-state index is 5.92. The van der Waals surface area contributed by atoms with Crippen molar-refractivity contribution in [3.05, 3.63) is 34.7 Å². The lowest BCUT2D eigenvalue weighted by Gasteiger charge is -2.16. The molecule has 0 aromatic carbocycles. The van der Waals surface area contributed by atoms with Crippen molar-refractivity contribution in [3.63, 3.8) is 0 Å².